The molecule has 34 heavy (non-hydrogen) atoms. The second-order valence-electron chi connectivity index (χ2n) is 7.91. The molecule has 0 unspecified atom stereocenters. The molecule has 2 heterocycles. The van der Waals surface area contributed by atoms with Crippen LogP contribution in [0.5, 0.6) is 0 Å². The predicted molar refractivity (Wildman–Crippen MR) is 133 cm³/mol. The van der Waals surface area contributed by atoms with Crippen LogP contribution >= 0.6 is 0 Å². The van der Waals surface area contributed by atoms with E-state index in [-0.39, 0.29) is 5.89 Å². The van der Waals surface area contributed by atoms with E-state index in [4.69, 9.17) is 4.42 Å². The molecule has 0 saturated carbocycles. The average Bonchev–Trinajstić information content (AvgIpc) is 2.97. The summed E-state index contributed by atoms with van der Waals surface area (Å²) >= 11 is 0. The fraction of sp³-hybridized carbons (Fsp3) is 0. The standard InChI is InChI=1S/C28H16N2O4/c31-26-21-12-3-1-10-19(21)20-11-2-4-13-22(20)27(32)30(26)18-9-7-8-17(16-18)25-29-24-15-6-5-14-23(24)28(33)34-25/h1-16H. The molecular weight excluding hydrogens is 428 g/mol. The van der Waals surface area contributed by atoms with Crippen molar-refractivity contribution in [2.24, 2.45) is 0 Å². The van der Waals surface area contributed by atoms with E-state index in [1.54, 1.807) is 72.8 Å². The maximum absolute atomic E-state index is 13.6. The fourth-order valence-electron chi connectivity index (χ4n) is 4.30. The minimum atomic E-state index is -0.504. The van der Waals surface area contributed by atoms with Crippen molar-refractivity contribution < 1.29 is 4.42 Å². The molecule has 6 nitrogen and oxygen atoms in total. The van der Waals surface area contributed by atoms with Crippen LogP contribution < -0.4 is 16.7 Å². The molecule has 0 radical (unpaired) electrons. The van der Waals surface area contributed by atoms with Crippen molar-refractivity contribution in [3.63, 3.8) is 0 Å². The third-order valence-corrected chi connectivity index (χ3v) is 5.90. The minimum absolute atomic E-state index is 0.112. The normalized spacial score (nSPS) is 11.3. The number of rotatable bonds is 2. The molecule has 0 N–H and O–H groups in total. The molecule has 6 rings (SSSR count). The SMILES string of the molecule is O=c1oc(-c2cccc(-n3c(=O)c4ccccc4c4ccccc4c3=O)c2)nc2ccccc12. The van der Waals surface area contributed by atoms with Gasteiger partial charge < -0.3 is 4.42 Å². The van der Waals surface area contributed by atoms with E-state index in [1.807, 2.05) is 24.3 Å². The van der Waals surface area contributed by atoms with Crippen LogP contribution in [0.25, 0.3) is 49.6 Å². The van der Waals surface area contributed by atoms with Gasteiger partial charge in [0.1, 0.15) is 0 Å². The van der Waals surface area contributed by atoms with Gasteiger partial charge >= 0.3 is 5.63 Å². The van der Waals surface area contributed by atoms with Crippen LogP contribution in [0.15, 0.2) is 116 Å². The van der Waals surface area contributed by atoms with Crippen LogP contribution in [0, 0.1) is 0 Å². The van der Waals surface area contributed by atoms with Gasteiger partial charge in [0, 0.05) is 16.3 Å². The Labute approximate surface area is 192 Å². The first-order valence-electron chi connectivity index (χ1n) is 10.7. The lowest BCUT2D eigenvalue weighted by Crippen LogP contribution is -2.28. The van der Waals surface area contributed by atoms with Gasteiger partial charge in [0.05, 0.1) is 16.6 Å². The van der Waals surface area contributed by atoms with Gasteiger partial charge in [0.25, 0.3) is 11.1 Å². The van der Waals surface area contributed by atoms with Gasteiger partial charge in [-0.1, -0.05) is 54.6 Å². The van der Waals surface area contributed by atoms with Crippen LogP contribution in [0.2, 0.25) is 0 Å². The van der Waals surface area contributed by atoms with Crippen molar-refractivity contribution in [2.45, 2.75) is 0 Å². The summed E-state index contributed by atoms with van der Waals surface area (Å²) in [4.78, 5) is 44.1. The smallest absolute Gasteiger partial charge is 0.347 e. The highest BCUT2D eigenvalue weighted by Gasteiger charge is 2.14. The molecule has 0 aliphatic rings. The Balaban J connectivity index is 1.67. The lowest BCUT2D eigenvalue weighted by Gasteiger charge is -2.06. The number of nitrogens with zero attached hydrogens (tertiary/aromatic N) is 2. The lowest BCUT2D eigenvalue weighted by molar-refractivity contribution is 0.518. The van der Waals surface area contributed by atoms with Crippen LogP contribution in [0.3, 0.4) is 0 Å². The van der Waals surface area contributed by atoms with Gasteiger partial charge in [0.15, 0.2) is 0 Å². The first-order chi connectivity index (χ1) is 16.6. The Hall–Kier alpha value is -4.84. The number of hydrogen-bond donors (Lipinski definition) is 0. The molecule has 0 aliphatic heterocycles. The van der Waals surface area contributed by atoms with Crippen molar-refractivity contribution in [1.29, 1.82) is 0 Å². The maximum Gasteiger partial charge on any atom is 0.347 e. The van der Waals surface area contributed by atoms with Gasteiger partial charge in [0.2, 0.25) is 5.89 Å². The van der Waals surface area contributed by atoms with Gasteiger partial charge in [-0.25, -0.2) is 14.3 Å². The number of para-hydroxylation sites is 1. The Kier molecular flexibility index (Phi) is 4.45. The third kappa shape index (κ3) is 3.04. The number of hydrogen-bond acceptors (Lipinski definition) is 5. The average molecular weight is 444 g/mol. The van der Waals surface area contributed by atoms with Crippen LogP contribution in [0.4, 0.5) is 0 Å². The van der Waals surface area contributed by atoms with Crippen molar-refractivity contribution in [2.75, 3.05) is 0 Å². The highest BCUT2D eigenvalue weighted by atomic mass is 16.4. The summed E-state index contributed by atoms with van der Waals surface area (Å²) in [5, 5.41) is 2.66. The summed E-state index contributed by atoms with van der Waals surface area (Å²) in [7, 11) is 0. The van der Waals surface area contributed by atoms with Crippen LogP contribution in [-0.2, 0) is 0 Å². The van der Waals surface area contributed by atoms with E-state index in [1.165, 1.54) is 0 Å². The fourth-order valence-corrected chi connectivity index (χ4v) is 4.30. The molecule has 0 amide bonds. The van der Waals surface area contributed by atoms with Crippen molar-refractivity contribution >= 4 is 32.4 Å². The first kappa shape index (κ1) is 19.8. The van der Waals surface area contributed by atoms with Gasteiger partial charge in [-0.05, 0) is 53.2 Å². The van der Waals surface area contributed by atoms with E-state index >= 15 is 0 Å². The summed E-state index contributed by atoms with van der Waals surface area (Å²) in [6, 6.07) is 28.0. The molecule has 0 atom stereocenters. The molecule has 6 heteroatoms. The molecular formula is C28H16N2O4. The highest BCUT2D eigenvalue weighted by Crippen LogP contribution is 2.23. The summed E-state index contributed by atoms with van der Waals surface area (Å²) in [5.41, 5.74) is -0.0214. The summed E-state index contributed by atoms with van der Waals surface area (Å²) in [5.74, 6) is 0.112. The number of fused-ring (bicyclic) bond motifs is 4. The van der Waals surface area contributed by atoms with Crippen molar-refractivity contribution in [3.8, 4) is 17.1 Å². The summed E-state index contributed by atoms with van der Waals surface area (Å²) < 4.78 is 6.61. The van der Waals surface area contributed by atoms with E-state index in [9.17, 15) is 14.4 Å². The van der Waals surface area contributed by atoms with Crippen LogP contribution in [0.1, 0.15) is 0 Å². The largest absolute Gasteiger partial charge is 0.403 e. The zero-order valence-corrected chi connectivity index (χ0v) is 17.8. The third-order valence-electron chi connectivity index (χ3n) is 5.90. The van der Waals surface area contributed by atoms with Gasteiger partial charge in [-0.3, -0.25) is 9.59 Å². The lowest BCUT2D eigenvalue weighted by atomic mass is 10.1. The van der Waals surface area contributed by atoms with Gasteiger partial charge in [-0.2, -0.15) is 0 Å². The Bertz CT molecular complexity index is 1860. The number of benzene rings is 4. The number of aromatic nitrogens is 2. The Morgan fingerprint density at radius 1 is 0.588 bits per heavy atom. The molecule has 0 bridgehead atoms. The second kappa shape index (κ2) is 7.64. The molecule has 0 aliphatic carbocycles. The molecule has 4 aromatic carbocycles. The van der Waals surface area contributed by atoms with E-state index in [0.29, 0.717) is 43.7 Å². The molecule has 0 spiro atoms. The summed E-state index contributed by atoms with van der Waals surface area (Å²) in [6.45, 7) is 0. The van der Waals surface area contributed by atoms with E-state index < -0.39 is 16.7 Å². The van der Waals surface area contributed by atoms with E-state index in [0.717, 1.165) is 4.57 Å². The Morgan fingerprint density at radius 2 is 1.15 bits per heavy atom. The first-order valence-corrected chi connectivity index (χ1v) is 10.7. The zero-order valence-electron chi connectivity index (χ0n) is 17.8. The zero-order chi connectivity index (χ0) is 23.2. The van der Waals surface area contributed by atoms with E-state index in [2.05, 4.69) is 4.98 Å². The summed E-state index contributed by atoms with van der Waals surface area (Å²) in [6.07, 6.45) is 0. The molecule has 0 saturated heterocycles. The van der Waals surface area contributed by atoms with Gasteiger partial charge in [-0.15, -0.1) is 0 Å². The van der Waals surface area contributed by atoms with Crippen LogP contribution in [-0.4, -0.2) is 9.55 Å². The Morgan fingerprint density at radius 3 is 1.79 bits per heavy atom. The molecule has 162 valence electrons. The minimum Gasteiger partial charge on any atom is -0.403 e. The van der Waals surface area contributed by atoms with Crippen molar-refractivity contribution in [3.05, 3.63) is 128 Å². The van der Waals surface area contributed by atoms with Crippen molar-refractivity contribution in [1.82, 2.24) is 9.55 Å². The second-order valence-corrected chi connectivity index (χ2v) is 7.91. The quantitative estimate of drug-likeness (QED) is 0.388. The predicted octanol–water partition coefficient (Wildman–Crippen LogP) is 4.67. The monoisotopic (exact) mass is 444 g/mol. The molecule has 6 aromatic rings. The highest BCUT2D eigenvalue weighted by molar-refractivity contribution is 6.05. The molecule has 0 fully saturated rings. The topological polar surface area (TPSA) is 82.2 Å². The maximum atomic E-state index is 13.6. The molecule has 2 aromatic heterocycles.